The van der Waals surface area contributed by atoms with Gasteiger partial charge in [0, 0.05) is 48.8 Å². The highest BCUT2D eigenvalue weighted by molar-refractivity contribution is 7.89. The number of pyridine rings is 1. The van der Waals surface area contributed by atoms with E-state index in [1.165, 1.54) is 4.90 Å². The molecule has 0 bridgehead atoms. The summed E-state index contributed by atoms with van der Waals surface area (Å²) in [7, 11) is -3.77. The van der Waals surface area contributed by atoms with Crippen molar-refractivity contribution in [1.82, 2.24) is 14.2 Å². The van der Waals surface area contributed by atoms with E-state index >= 15 is 0 Å². The molecule has 162 valence electrons. The molecule has 0 saturated carbocycles. The van der Waals surface area contributed by atoms with Gasteiger partial charge < -0.3 is 10.0 Å². The van der Waals surface area contributed by atoms with Crippen LogP contribution in [0.5, 0.6) is 0 Å². The SMILES string of the molecule is CC(C)(C)C1C2CCCN(C(=O)O)CC2CN1S(=O)(=O)c1cccc2cnccc12. The Labute approximate surface area is 177 Å². The van der Waals surface area contributed by atoms with Crippen molar-refractivity contribution in [3.63, 3.8) is 0 Å². The zero-order chi connectivity index (χ0) is 21.7. The molecule has 1 amide bonds. The fourth-order valence-corrected chi connectivity index (χ4v) is 7.50. The molecule has 3 unspecified atom stereocenters. The number of benzene rings is 1. The van der Waals surface area contributed by atoms with E-state index < -0.39 is 16.1 Å². The van der Waals surface area contributed by atoms with Gasteiger partial charge in [-0.15, -0.1) is 0 Å². The molecule has 1 aromatic carbocycles. The molecule has 1 aromatic heterocycles. The summed E-state index contributed by atoms with van der Waals surface area (Å²) in [4.78, 5) is 17.5. The van der Waals surface area contributed by atoms with E-state index in [1.807, 2.05) is 6.07 Å². The number of rotatable bonds is 2. The van der Waals surface area contributed by atoms with Crippen LogP contribution < -0.4 is 0 Å². The topological polar surface area (TPSA) is 90.8 Å². The van der Waals surface area contributed by atoms with Gasteiger partial charge in [0.05, 0.1) is 4.90 Å². The summed E-state index contributed by atoms with van der Waals surface area (Å²) in [6.45, 7) is 7.49. The highest BCUT2D eigenvalue weighted by Gasteiger charge is 2.52. The van der Waals surface area contributed by atoms with Crippen molar-refractivity contribution in [2.24, 2.45) is 17.3 Å². The third-order valence-corrected chi connectivity index (χ3v) is 8.45. The third kappa shape index (κ3) is 3.56. The quantitative estimate of drug-likeness (QED) is 0.784. The van der Waals surface area contributed by atoms with Crippen LogP contribution in [0.2, 0.25) is 0 Å². The largest absolute Gasteiger partial charge is 0.465 e. The molecule has 2 aliphatic rings. The highest BCUT2D eigenvalue weighted by Crippen LogP contribution is 2.46. The van der Waals surface area contributed by atoms with Gasteiger partial charge in [0.15, 0.2) is 0 Å². The molecule has 2 saturated heterocycles. The summed E-state index contributed by atoms with van der Waals surface area (Å²) < 4.78 is 29.5. The standard InChI is InChI=1S/C22H29N3O4S/c1-22(2,3)20-18-7-5-11-24(21(26)27)13-16(18)14-25(20)30(28,29)19-8-4-6-15-12-23-10-9-17(15)19/h4,6,8-10,12,16,18,20H,5,7,11,13-14H2,1-3H3,(H,26,27). The van der Waals surface area contributed by atoms with Crippen molar-refractivity contribution in [2.45, 2.75) is 44.6 Å². The molecule has 2 aliphatic heterocycles. The van der Waals surface area contributed by atoms with E-state index in [1.54, 1.807) is 34.9 Å². The van der Waals surface area contributed by atoms with Crippen molar-refractivity contribution < 1.29 is 18.3 Å². The molecule has 0 radical (unpaired) electrons. The maximum Gasteiger partial charge on any atom is 0.407 e. The van der Waals surface area contributed by atoms with Crippen LogP contribution in [0.25, 0.3) is 10.8 Å². The first-order valence-electron chi connectivity index (χ1n) is 10.4. The number of carboxylic acid groups (broad SMARTS) is 1. The van der Waals surface area contributed by atoms with E-state index in [2.05, 4.69) is 25.8 Å². The number of hydrogen-bond donors (Lipinski definition) is 1. The van der Waals surface area contributed by atoms with Crippen LogP contribution >= 0.6 is 0 Å². The molecule has 0 spiro atoms. The number of carbonyl (C=O) groups is 1. The van der Waals surface area contributed by atoms with Gasteiger partial charge in [0.1, 0.15) is 0 Å². The lowest BCUT2D eigenvalue weighted by atomic mass is 9.75. The summed E-state index contributed by atoms with van der Waals surface area (Å²) in [5.74, 6) is 0.139. The third-order valence-electron chi connectivity index (χ3n) is 6.54. The molecule has 7 nitrogen and oxygen atoms in total. The van der Waals surface area contributed by atoms with Crippen LogP contribution in [0.3, 0.4) is 0 Å². The minimum absolute atomic E-state index is 0.000701. The number of hydrogen-bond acceptors (Lipinski definition) is 4. The van der Waals surface area contributed by atoms with E-state index in [0.717, 1.165) is 18.2 Å². The lowest BCUT2D eigenvalue weighted by Crippen LogP contribution is -2.46. The number of nitrogens with zero attached hydrogens (tertiary/aromatic N) is 3. The molecule has 30 heavy (non-hydrogen) atoms. The second-order valence-corrected chi connectivity index (χ2v) is 11.4. The van der Waals surface area contributed by atoms with Gasteiger partial charge in [-0.3, -0.25) is 4.98 Å². The molecular weight excluding hydrogens is 402 g/mol. The van der Waals surface area contributed by atoms with Gasteiger partial charge in [-0.1, -0.05) is 32.9 Å². The van der Waals surface area contributed by atoms with Crippen LogP contribution in [-0.4, -0.2) is 59.5 Å². The molecule has 8 heteroatoms. The number of fused-ring (bicyclic) bond motifs is 2. The van der Waals surface area contributed by atoms with E-state index in [-0.39, 0.29) is 23.3 Å². The second-order valence-electron chi connectivity index (χ2n) is 9.53. The Bertz CT molecular complexity index is 1060. The Morgan fingerprint density at radius 2 is 1.97 bits per heavy atom. The van der Waals surface area contributed by atoms with Gasteiger partial charge in [-0.2, -0.15) is 4.31 Å². The molecule has 3 atom stereocenters. The average molecular weight is 432 g/mol. The zero-order valence-electron chi connectivity index (χ0n) is 17.7. The smallest absolute Gasteiger partial charge is 0.407 e. The summed E-state index contributed by atoms with van der Waals surface area (Å²) in [6.07, 6.45) is 3.96. The molecule has 3 heterocycles. The van der Waals surface area contributed by atoms with Crippen LogP contribution in [0.1, 0.15) is 33.6 Å². The predicted molar refractivity (Wildman–Crippen MR) is 115 cm³/mol. The first-order valence-corrected chi connectivity index (χ1v) is 11.9. The number of amides is 1. The van der Waals surface area contributed by atoms with Crippen LogP contribution in [0.4, 0.5) is 4.79 Å². The summed E-state index contributed by atoms with van der Waals surface area (Å²) in [5, 5.41) is 11.0. The monoisotopic (exact) mass is 431 g/mol. The second kappa shape index (κ2) is 7.50. The van der Waals surface area contributed by atoms with Crippen LogP contribution in [-0.2, 0) is 10.0 Å². The first kappa shape index (κ1) is 21.1. The fourth-order valence-electron chi connectivity index (χ4n) is 5.37. The summed E-state index contributed by atoms with van der Waals surface area (Å²) in [6, 6.07) is 6.84. The minimum atomic E-state index is -3.77. The van der Waals surface area contributed by atoms with Crippen molar-refractivity contribution >= 4 is 26.9 Å². The van der Waals surface area contributed by atoms with Gasteiger partial charge in [-0.05, 0) is 42.2 Å². The van der Waals surface area contributed by atoms with Gasteiger partial charge in [0.2, 0.25) is 10.0 Å². The predicted octanol–water partition coefficient (Wildman–Crippen LogP) is 3.66. The van der Waals surface area contributed by atoms with Crippen LogP contribution in [0.15, 0.2) is 41.6 Å². The summed E-state index contributed by atoms with van der Waals surface area (Å²) >= 11 is 0. The Kier molecular flexibility index (Phi) is 5.26. The fraction of sp³-hybridized carbons (Fsp3) is 0.545. The number of aromatic nitrogens is 1. The van der Waals surface area contributed by atoms with Gasteiger partial charge in [-0.25, -0.2) is 13.2 Å². The van der Waals surface area contributed by atoms with Crippen molar-refractivity contribution in [2.75, 3.05) is 19.6 Å². The highest BCUT2D eigenvalue weighted by atomic mass is 32.2. The Morgan fingerprint density at radius 3 is 2.67 bits per heavy atom. The molecule has 1 N–H and O–H groups in total. The first-order chi connectivity index (χ1) is 14.1. The molecule has 2 aromatic rings. The van der Waals surface area contributed by atoms with Gasteiger partial charge in [0.25, 0.3) is 0 Å². The zero-order valence-corrected chi connectivity index (χ0v) is 18.5. The van der Waals surface area contributed by atoms with E-state index in [9.17, 15) is 18.3 Å². The van der Waals surface area contributed by atoms with Crippen LogP contribution in [0, 0.1) is 17.3 Å². The number of likely N-dealkylation sites (tertiary alicyclic amines) is 1. The Balaban J connectivity index is 1.79. The van der Waals surface area contributed by atoms with Crippen molar-refractivity contribution in [3.8, 4) is 0 Å². The number of sulfonamides is 1. The van der Waals surface area contributed by atoms with Gasteiger partial charge >= 0.3 is 6.09 Å². The molecule has 0 aliphatic carbocycles. The normalized spacial score (nSPS) is 25.8. The van der Waals surface area contributed by atoms with E-state index in [0.29, 0.717) is 29.9 Å². The maximum absolute atomic E-state index is 13.9. The Morgan fingerprint density at radius 1 is 1.20 bits per heavy atom. The van der Waals surface area contributed by atoms with E-state index in [4.69, 9.17) is 0 Å². The Hall–Kier alpha value is -2.19. The average Bonchev–Trinajstić information content (AvgIpc) is 2.94. The minimum Gasteiger partial charge on any atom is -0.465 e. The molecular formula is C22H29N3O4S. The van der Waals surface area contributed by atoms with Crippen molar-refractivity contribution in [1.29, 1.82) is 0 Å². The lowest BCUT2D eigenvalue weighted by Gasteiger charge is -2.38. The molecule has 4 rings (SSSR count). The van der Waals surface area contributed by atoms with Crippen molar-refractivity contribution in [3.05, 3.63) is 36.7 Å². The lowest BCUT2D eigenvalue weighted by molar-refractivity contribution is 0.139. The maximum atomic E-state index is 13.9. The summed E-state index contributed by atoms with van der Waals surface area (Å²) in [5.41, 5.74) is -0.267. The molecule has 2 fully saturated rings.